The number of rotatable bonds is 4. The van der Waals surface area contributed by atoms with Gasteiger partial charge in [-0.1, -0.05) is 23.2 Å². The number of hydrogen-bond donors (Lipinski definition) is 1. The van der Waals surface area contributed by atoms with Gasteiger partial charge in [0.05, 0.1) is 4.90 Å². The Morgan fingerprint density at radius 2 is 1.90 bits per heavy atom. The average molecular weight is 338 g/mol. The summed E-state index contributed by atoms with van der Waals surface area (Å²) in [6, 6.07) is 4.34. The molecule has 1 N–H and O–H groups in total. The Kier molecular flexibility index (Phi) is 5.31. The van der Waals surface area contributed by atoms with E-state index in [2.05, 4.69) is 0 Å². The molecule has 0 radical (unpaired) electrons. The van der Waals surface area contributed by atoms with Gasteiger partial charge in [-0.15, -0.1) is 0 Å². The Hall–Kier alpha value is -0.330. The molecule has 1 aliphatic heterocycles. The summed E-state index contributed by atoms with van der Waals surface area (Å²) < 4.78 is 26.6. The lowest BCUT2D eigenvalue weighted by Gasteiger charge is -2.31. The maximum absolute atomic E-state index is 12.6. The van der Waals surface area contributed by atoms with E-state index in [0.717, 1.165) is 12.8 Å². The van der Waals surface area contributed by atoms with Gasteiger partial charge < -0.3 is 5.11 Å². The molecule has 1 aromatic rings. The van der Waals surface area contributed by atoms with Crippen molar-refractivity contribution in [1.29, 1.82) is 0 Å². The first-order chi connectivity index (χ1) is 9.43. The zero-order valence-corrected chi connectivity index (χ0v) is 13.3. The Bertz CT molecular complexity index is 555. The first-order valence-electron chi connectivity index (χ1n) is 6.50. The summed E-state index contributed by atoms with van der Waals surface area (Å²) in [7, 11) is -3.58. The largest absolute Gasteiger partial charge is 0.396 e. The molecule has 0 aliphatic carbocycles. The van der Waals surface area contributed by atoms with E-state index in [-0.39, 0.29) is 17.4 Å². The Morgan fingerprint density at radius 3 is 2.50 bits per heavy atom. The maximum Gasteiger partial charge on any atom is 0.243 e. The van der Waals surface area contributed by atoms with Crippen LogP contribution in [0.4, 0.5) is 0 Å². The molecule has 112 valence electrons. The van der Waals surface area contributed by atoms with Crippen molar-refractivity contribution in [1.82, 2.24) is 4.31 Å². The standard InChI is InChI=1S/C13H17Cl2NO3S/c14-11-6-12(15)8-13(7-11)20(18,19)16-4-1-2-10(9-16)3-5-17/h6-8,10,17H,1-5,9H2. The van der Waals surface area contributed by atoms with Crippen molar-refractivity contribution in [2.45, 2.75) is 24.2 Å². The number of aliphatic hydroxyl groups is 1. The van der Waals surface area contributed by atoms with Crippen molar-refractivity contribution in [3.8, 4) is 0 Å². The molecule has 1 aromatic carbocycles. The minimum atomic E-state index is -3.58. The number of piperidine rings is 1. The SMILES string of the molecule is O=S(=O)(c1cc(Cl)cc(Cl)c1)N1CCCC(CCO)C1. The Morgan fingerprint density at radius 1 is 1.25 bits per heavy atom. The van der Waals surface area contributed by atoms with Crippen molar-refractivity contribution >= 4 is 33.2 Å². The van der Waals surface area contributed by atoms with Crippen molar-refractivity contribution in [2.24, 2.45) is 5.92 Å². The Balaban J connectivity index is 2.25. The second-order valence-corrected chi connectivity index (χ2v) is 7.80. The van der Waals surface area contributed by atoms with E-state index in [4.69, 9.17) is 28.3 Å². The summed E-state index contributed by atoms with van der Waals surface area (Å²) in [5, 5.41) is 9.61. The van der Waals surface area contributed by atoms with Gasteiger partial charge in [0.25, 0.3) is 0 Å². The molecule has 4 nitrogen and oxygen atoms in total. The van der Waals surface area contributed by atoms with E-state index in [9.17, 15) is 8.42 Å². The molecule has 0 amide bonds. The van der Waals surface area contributed by atoms with Gasteiger partial charge in [0.1, 0.15) is 0 Å². The van der Waals surface area contributed by atoms with Gasteiger partial charge in [-0.05, 0) is 43.4 Å². The van der Waals surface area contributed by atoms with E-state index in [1.807, 2.05) is 0 Å². The molecule has 1 heterocycles. The quantitative estimate of drug-likeness (QED) is 0.918. The van der Waals surface area contributed by atoms with Crippen LogP contribution in [0.2, 0.25) is 10.0 Å². The van der Waals surface area contributed by atoms with Crippen LogP contribution >= 0.6 is 23.2 Å². The molecule has 20 heavy (non-hydrogen) atoms. The van der Waals surface area contributed by atoms with Crippen LogP contribution in [0.5, 0.6) is 0 Å². The summed E-state index contributed by atoms with van der Waals surface area (Å²) >= 11 is 11.7. The third-order valence-electron chi connectivity index (χ3n) is 3.49. The molecule has 1 aliphatic rings. The summed E-state index contributed by atoms with van der Waals surface area (Å²) in [4.78, 5) is 0.125. The van der Waals surface area contributed by atoms with Crippen LogP contribution in [-0.2, 0) is 10.0 Å². The summed E-state index contributed by atoms with van der Waals surface area (Å²) in [6.07, 6.45) is 2.38. The van der Waals surface area contributed by atoms with Gasteiger partial charge in [0.15, 0.2) is 0 Å². The second kappa shape index (κ2) is 6.62. The zero-order chi connectivity index (χ0) is 14.8. The van der Waals surface area contributed by atoms with Crippen molar-refractivity contribution in [3.05, 3.63) is 28.2 Å². The molecule has 0 bridgehead atoms. The first-order valence-corrected chi connectivity index (χ1v) is 8.70. The molecule has 2 rings (SSSR count). The molecular weight excluding hydrogens is 321 g/mol. The normalized spacial score (nSPS) is 21.1. The van der Waals surface area contributed by atoms with Gasteiger partial charge in [0.2, 0.25) is 10.0 Å². The van der Waals surface area contributed by atoms with E-state index in [0.29, 0.717) is 29.6 Å². The van der Waals surface area contributed by atoms with Gasteiger partial charge in [0, 0.05) is 29.7 Å². The smallest absolute Gasteiger partial charge is 0.243 e. The van der Waals surface area contributed by atoms with Crippen LogP contribution in [0.3, 0.4) is 0 Å². The summed E-state index contributed by atoms with van der Waals surface area (Å²) in [5.74, 6) is 0.207. The van der Waals surface area contributed by atoms with Crippen molar-refractivity contribution in [2.75, 3.05) is 19.7 Å². The second-order valence-electron chi connectivity index (χ2n) is 4.99. The topological polar surface area (TPSA) is 57.6 Å². The highest BCUT2D eigenvalue weighted by Gasteiger charge is 2.30. The van der Waals surface area contributed by atoms with Crippen LogP contribution in [0, 0.1) is 5.92 Å². The lowest BCUT2D eigenvalue weighted by Crippen LogP contribution is -2.40. The predicted octanol–water partition coefficient (Wildman–Crippen LogP) is 2.78. The molecule has 0 saturated carbocycles. The number of aliphatic hydroxyl groups excluding tert-OH is 1. The number of benzene rings is 1. The fourth-order valence-corrected chi connectivity index (χ4v) is 4.77. The third kappa shape index (κ3) is 3.65. The number of sulfonamides is 1. The minimum absolute atomic E-state index is 0.0849. The maximum atomic E-state index is 12.6. The molecule has 1 fully saturated rings. The van der Waals surface area contributed by atoms with Gasteiger partial charge in [-0.2, -0.15) is 4.31 Å². The monoisotopic (exact) mass is 337 g/mol. The fourth-order valence-electron chi connectivity index (χ4n) is 2.49. The van der Waals surface area contributed by atoms with Crippen LogP contribution in [0.25, 0.3) is 0 Å². The van der Waals surface area contributed by atoms with Crippen molar-refractivity contribution in [3.63, 3.8) is 0 Å². The number of halogens is 2. The molecule has 0 aromatic heterocycles. The Labute approximate surface area is 129 Å². The number of hydrogen-bond acceptors (Lipinski definition) is 3. The lowest BCUT2D eigenvalue weighted by atomic mass is 9.97. The zero-order valence-electron chi connectivity index (χ0n) is 10.9. The van der Waals surface area contributed by atoms with E-state index in [1.54, 1.807) is 0 Å². The van der Waals surface area contributed by atoms with E-state index in [1.165, 1.54) is 22.5 Å². The fraction of sp³-hybridized carbons (Fsp3) is 0.538. The summed E-state index contributed by atoms with van der Waals surface area (Å²) in [6.45, 7) is 1.02. The predicted molar refractivity (Wildman–Crippen MR) is 79.6 cm³/mol. The molecule has 1 saturated heterocycles. The minimum Gasteiger partial charge on any atom is -0.396 e. The van der Waals surface area contributed by atoms with Crippen LogP contribution in [0.1, 0.15) is 19.3 Å². The first kappa shape index (κ1) is 16.0. The lowest BCUT2D eigenvalue weighted by molar-refractivity contribution is 0.203. The van der Waals surface area contributed by atoms with E-state index < -0.39 is 10.0 Å². The summed E-state index contributed by atoms with van der Waals surface area (Å²) in [5.41, 5.74) is 0. The van der Waals surface area contributed by atoms with Crippen LogP contribution < -0.4 is 0 Å². The van der Waals surface area contributed by atoms with Crippen LogP contribution in [-0.4, -0.2) is 37.5 Å². The highest BCUT2D eigenvalue weighted by atomic mass is 35.5. The number of nitrogens with zero attached hydrogens (tertiary/aromatic N) is 1. The molecule has 1 atom stereocenters. The molecule has 7 heteroatoms. The van der Waals surface area contributed by atoms with Gasteiger partial charge in [-0.3, -0.25) is 0 Å². The van der Waals surface area contributed by atoms with Crippen LogP contribution in [0.15, 0.2) is 23.1 Å². The average Bonchev–Trinajstić information content (AvgIpc) is 2.38. The highest BCUT2D eigenvalue weighted by Crippen LogP contribution is 2.28. The van der Waals surface area contributed by atoms with Crippen molar-refractivity contribution < 1.29 is 13.5 Å². The van der Waals surface area contributed by atoms with E-state index >= 15 is 0 Å². The molecule has 1 unspecified atom stereocenters. The third-order valence-corrected chi connectivity index (χ3v) is 5.77. The highest BCUT2D eigenvalue weighted by molar-refractivity contribution is 7.89. The molecular formula is C13H17Cl2NO3S. The van der Waals surface area contributed by atoms with Gasteiger partial charge in [-0.25, -0.2) is 8.42 Å². The van der Waals surface area contributed by atoms with Gasteiger partial charge >= 0.3 is 0 Å². The molecule has 0 spiro atoms.